The Hall–Kier alpha value is -6.58. The van der Waals surface area contributed by atoms with Crippen LogP contribution in [0.25, 0.3) is 45.0 Å². The summed E-state index contributed by atoms with van der Waals surface area (Å²) >= 11 is 0. The lowest BCUT2D eigenvalue weighted by Crippen LogP contribution is -2.36. The number of anilines is 3. The quantitative estimate of drug-likeness (QED) is 0.192. The molecular formula is C47H31N3. The van der Waals surface area contributed by atoms with Crippen LogP contribution < -0.4 is 4.90 Å². The fourth-order valence-corrected chi connectivity index (χ4v) is 8.29. The second-order valence-electron chi connectivity index (χ2n) is 12.9. The van der Waals surface area contributed by atoms with E-state index in [0.29, 0.717) is 5.82 Å². The molecule has 50 heavy (non-hydrogen) atoms. The molecule has 3 nitrogen and oxygen atoms in total. The third-order valence-corrected chi connectivity index (χ3v) is 10.3. The van der Waals surface area contributed by atoms with E-state index >= 15 is 0 Å². The van der Waals surface area contributed by atoms with Crippen LogP contribution in [0.4, 0.5) is 17.1 Å². The third-order valence-electron chi connectivity index (χ3n) is 10.3. The first-order valence-corrected chi connectivity index (χ1v) is 17.1. The highest BCUT2D eigenvalue weighted by atomic mass is 15.2. The normalized spacial score (nSPS) is 13.3. The van der Waals surface area contributed by atoms with E-state index in [4.69, 9.17) is 9.97 Å². The number of fused-ring (bicyclic) bond motifs is 9. The Morgan fingerprint density at radius 2 is 0.880 bits per heavy atom. The van der Waals surface area contributed by atoms with Crippen LogP contribution in [0.3, 0.4) is 0 Å². The van der Waals surface area contributed by atoms with E-state index in [1.54, 1.807) is 0 Å². The molecule has 0 fully saturated rings. The predicted octanol–water partition coefficient (Wildman–Crippen LogP) is 11.6. The van der Waals surface area contributed by atoms with Crippen molar-refractivity contribution in [1.82, 2.24) is 9.97 Å². The molecule has 2 aliphatic rings. The van der Waals surface area contributed by atoms with Crippen LogP contribution in [0.15, 0.2) is 188 Å². The molecule has 10 rings (SSSR count). The molecule has 7 aromatic carbocycles. The van der Waals surface area contributed by atoms with Crippen molar-refractivity contribution in [1.29, 1.82) is 0 Å². The lowest BCUT2D eigenvalue weighted by atomic mass is 9.63. The van der Waals surface area contributed by atoms with E-state index in [1.807, 2.05) is 24.3 Å². The van der Waals surface area contributed by atoms with Crippen LogP contribution in [-0.4, -0.2) is 9.97 Å². The van der Waals surface area contributed by atoms with Gasteiger partial charge in [-0.3, -0.25) is 0 Å². The van der Waals surface area contributed by atoms with Crippen molar-refractivity contribution in [2.45, 2.75) is 5.41 Å². The zero-order valence-corrected chi connectivity index (χ0v) is 27.2. The number of hydrogen-bond acceptors (Lipinski definition) is 3. The molecule has 1 aliphatic carbocycles. The molecule has 234 valence electrons. The second kappa shape index (κ2) is 11.3. The summed E-state index contributed by atoms with van der Waals surface area (Å²) < 4.78 is 0. The summed E-state index contributed by atoms with van der Waals surface area (Å²) in [7, 11) is 0. The SMILES string of the molecule is c1ccc(-c2cc(-c3cccc4c3C3(c5ccccc5-4)c4ccccc4N(c4ccccc4)c4ccccc43)nc(-c3ccccc3)n2)cc1. The zero-order chi connectivity index (χ0) is 33.1. The Balaban J connectivity index is 1.32. The molecule has 0 saturated carbocycles. The van der Waals surface area contributed by atoms with Crippen molar-refractivity contribution in [3.63, 3.8) is 0 Å². The molecular weight excluding hydrogens is 607 g/mol. The lowest BCUT2D eigenvalue weighted by Gasteiger charge is -2.45. The molecule has 0 bridgehead atoms. The summed E-state index contributed by atoms with van der Waals surface area (Å²) in [6, 6.07) is 67.2. The number of benzene rings is 7. The summed E-state index contributed by atoms with van der Waals surface area (Å²) in [5.41, 5.74) is 15.4. The molecule has 1 aliphatic heterocycles. The van der Waals surface area contributed by atoms with E-state index in [-0.39, 0.29) is 0 Å². The first kappa shape index (κ1) is 28.4. The van der Waals surface area contributed by atoms with Crippen LogP contribution >= 0.6 is 0 Å². The molecule has 3 heteroatoms. The molecule has 8 aromatic rings. The van der Waals surface area contributed by atoms with E-state index in [2.05, 4.69) is 169 Å². The largest absolute Gasteiger partial charge is 0.310 e. The lowest BCUT2D eigenvalue weighted by molar-refractivity contribution is 0.754. The topological polar surface area (TPSA) is 29.0 Å². The highest BCUT2D eigenvalue weighted by Crippen LogP contribution is 2.64. The predicted molar refractivity (Wildman–Crippen MR) is 204 cm³/mol. The zero-order valence-electron chi connectivity index (χ0n) is 27.2. The third kappa shape index (κ3) is 4.10. The fraction of sp³-hybridized carbons (Fsp3) is 0.0213. The minimum Gasteiger partial charge on any atom is -0.310 e. The molecule has 0 unspecified atom stereocenters. The highest BCUT2D eigenvalue weighted by molar-refractivity contribution is 5.99. The summed E-state index contributed by atoms with van der Waals surface area (Å²) in [6.45, 7) is 0. The van der Waals surface area contributed by atoms with Gasteiger partial charge in [0, 0.05) is 22.4 Å². The summed E-state index contributed by atoms with van der Waals surface area (Å²) in [5.74, 6) is 0.712. The van der Waals surface area contributed by atoms with Gasteiger partial charge in [-0.15, -0.1) is 0 Å². The van der Waals surface area contributed by atoms with Crippen LogP contribution in [0.1, 0.15) is 22.3 Å². The number of hydrogen-bond donors (Lipinski definition) is 0. The molecule has 1 spiro atoms. The van der Waals surface area contributed by atoms with Crippen molar-refractivity contribution >= 4 is 17.1 Å². The van der Waals surface area contributed by atoms with Crippen molar-refractivity contribution in [3.05, 3.63) is 210 Å². The molecule has 1 aromatic heterocycles. The van der Waals surface area contributed by atoms with Gasteiger partial charge in [0.1, 0.15) is 0 Å². The van der Waals surface area contributed by atoms with Crippen LogP contribution in [-0.2, 0) is 5.41 Å². The number of rotatable bonds is 4. The van der Waals surface area contributed by atoms with Crippen LogP contribution in [0, 0.1) is 0 Å². The molecule has 2 heterocycles. The van der Waals surface area contributed by atoms with Gasteiger partial charge < -0.3 is 4.90 Å². The Morgan fingerprint density at radius 3 is 1.56 bits per heavy atom. The first-order chi connectivity index (χ1) is 24.8. The van der Waals surface area contributed by atoms with Gasteiger partial charge in [-0.2, -0.15) is 0 Å². The Morgan fingerprint density at radius 1 is 0.380 bits per heavy atom. The van der Waals surface area contributed by atoms with E-state index < -0.39 is 5.41 Å². The van der Waals surface area contributed by atoms with Gasteiger partial charge in [0.15, 0.2) is 5.82 Å². The van der Waals surface area contributed by atoms with Gasteiger partial charge >= 0.3 is 0 Å². The average molecular weight is 638 g/mol. The van der Waals surface area contributed by atoms with E-state index in [0.717, 1.165) is 33.8 Å². The monoisotopic (exact) mass is 637 g/mol. The minimum atomic E-state index is -0.592. The molecule has 0 radical (unpaired) electrons. The molecule has 0 saturated heterocycles. The summed E-state index contributed by atoms with van der Waals surface area (Å²) in [6.07, 6.45) is 0. The van der Waals surface area contributed by atoms with Gasteiger partial charge in [-0.05, 0) is 63.7 Å². The number of para-hydroxylation sites is 3. The van der Waals surface area contributed by atoms with Gasteiger partial charge in [0.2, 0.25) is 0 Å². The van der Waals surface area contributed by atoms with E-state index in [9.17, 15) is 0 Å². The standard InChI is InChI=1S/C47H31N3/c1-4-17-32(18-5-1)41-31-42(49-46(48-41)33-19-6-2-7-20-33)37-25-16-24-36-35-23-10-11-26-38(35)47(45(36)37)39-27-12-14-29-43(39)50(34-21-8-3-9-22-34)44-30-15-13-28-40(44)47/h1-31H. The van der Waals surface area contributed by atoms with Crippen molar-refractivity contribution in [3.8, 4) is 45.0 Å². The van der Waals surface area contributed by atoms with Gasteiger partial charge in [-0.1, -0.05) is 158 Å². The summed E-state index contributed by atoms with van der Waals surface area (Å²) in [5, 5.41) is 0. The smallest absolute Gasteiger partial charge is 0.160 e. The Bertz CT molecular complexity index is 2440. The minimum absolute atomic E-state index is 0.592. The maximum Gasteiger partial charge on any atom is 0.160 e. The summed E-state index contributed by atoms with van der Waals surface area (Å²) in [4.78, 5) is 12.9. The Labute approximate surface area is 291 Å². The highest BCUT2D eigenvalue weighted by Gasteiger charge is 2.52. The second-order valence-corrected chi connectivity index (χ2v) is 12.9. The number of nitrogens with zero attached hydrogens (tertiary/aromatic N) is 3. The maximum atomic E-state index is 5.37. The molecule has 0 atom stereocenters. The first-order valence-electron chi connectivity index (χ1n) is 17.1. The number of aromatic nitrogens is 2. The van der Waals surface area contributed by atoms with Gasteiger partial charge in [-0.25, -0.2) is 9.97 Å². The van der Waals surface area contributed by atoms with Gasteiger partial charge in [0.25, 0.3) is 0 Å². The van der Waals surface area contributed by atoms with E-state index in [1.165, 1.54) is 44.8 Å². The Kier molecular flexibility index (Phi) is 6.40. The molecule has 0 N–H and O–H groups in total. The van der Waals surface area contributed by atoms with Crippen molar-refractivity contribution in [2.24, 2.45) is 0 Å². The van der Waals surface area contributed by atoms with Gasteiger partial charge in [0.05, 0.1) is 28.2 Å². The van der Waals surface area contributed by atoms with Crippen LogP contribution in [0.2, 0.25) is 0 Å². The van der Waals surface area contributed by atoms with Crippen molar-refractivity contribution in [2.75, 3.05) is 4.90 Å². The fourth-order valence-electron chi connectivity index (χ4n) is 8.29. The molecule has 0 amide bonds. The average Bonchev–Trinajstić information content (AvgIpc) is 3.50. The maximum absolute atomic E-state index is 5.37. The van der Waals surface area contributed by atoms with Crippen molar-refractivity contribution < 1.29 is 0 Å². The van der Waals surface area contributed by atoms with Crippen LogP contribution in [0.5, 0.6) is 0 Å².